The van der Waals surface area contributed by atoms with Crippen LogP contribution in [0.5, 0.6) is 0 Å². The number of amides is 1. The number of carbonyl (C=O) groups is 1. The minimum Gasteiger partial charge on any atom is -0.353 e. The van der Waals surface area contributed by atoms with Crippen LogP contribution in [0, 0.1) is 0 Å². The molecular formula is C9H19N3O. The highest BCUT2D eigenvalue weighted by molar-refractivity contribution is 5.81. The van der Waals surface area contributed by atoms with Crippen molar-refractivity contribution in [3.63, 3.8) is 0 Å². The molecule has 0 radical (unpaired) electrons. The van der Waals surface area contributed by atoms with Crippen molar-refractivity contribution < 1.29 is 4.79 Å². The number of nitrogens with one attached hydrogen (secondary N) is 2. The summed E-state index contributed by atoms with van der Waals surface area (Å²) < 4.78 is 0. The van der Waals surface area contributed by atoms with E-state index in [1.165, 1.54) is 6.42 Å². The van der Waals surface area contributed by atoms with Crippen LogP contribution in [0.25, 0.3) is 0 Å². The molecule has 0 aromatic carbocycles. The zero-order chi connectivity index (χ0) is 9.68. The van der Waals surface area contributed by atoms with Crippen LogP contribution in [-0.4, -0.2) is 31.1 Å². The molecule has 2 unspecified atom stereocenters. The highest BCUT2D eigenvalue weighted by Gasteiger charge is 2.19. The Morgan fingerprint density at radius 3 is 3.00 bits per heavy atom. The maximum atomic E-state index is 11.5. The lowest BCUT2D eigenvalue weighted by Crippen LogP contribution is -2.48. The third-order valence-electron chi connectivity index (χ3n) is 2.23. The minimum atomic E-state index is 0.00694. The summed E-state index contributed by atoms with van der Waals surface area (Å²) in [5.74, 6) is 0.0944. The molecule has 0 spiro atoms. The molecule has 0 aromatic rings. The van der Waals surface area contributed by atoms with Gasteiger partial charge in [0.1, 0.15) is 0 Å². The predicted molar refractivity (Wildman–Crippen MR) is 52.3 cm³/mol. The summed E-state index contributed by atoms with van der Waals surface area (Å²) >= 11 is 0. The van der Waals surface area contributed by atoms with Crippen molar-refractivity contribution in [3.05, 3.63) is 0 Å². The van der Waals surface area contributed by atoms with Gasteiger partial charge < -0.3 is 16.4 Å². The molecule has 0 aliphatic carbocycles. The number of piperidine rings is 1. The van der Waals surface area contributed by atoms with E-state index in [0.29, 0.717) is 6.54 Å². The molecule has 4 nitrogen and oxygen atoms in total. The first-order valence-corrected chi connectivity index (χ1v) is 4.97. The van der Waals surface area contributed by atoms with Crippen molar-refractivity contribution in [2.45, 2.75) is 38.3 Å². The topological polar surface area (TPSA) is 67.1 Å². The van der Waals surface area contributed by atoms with Gasteiger partial charge in [-0.2, -0.15) is 0 Å². The van der Waals surface area contributed by atoms with Gasteiger partial charge in [-0.25, -0.2) is 0 Å². The van der Waals surface area contributed by atoms with Gasteiger partial charge in [0.25, 0.3) is 0 Å². The smallest absolute Gasteiger partial charge is 0.237 e. The van der Waals surface area contributed by atoms with E-state index >= 15 is 0 Å². The van der Waals surface area contributed by atoms with Gasteiger partial charge in [0, 0.05) is 12.6 Å². The monoisotopic (exact) mass is 185 g/mol. The van der Waals surface area contributed by atoms with Gasteiger partial charge in [-0.15, -0.1) is 0 Å². The van der Waals surface area contributed by atoms with Crippen LogP contribution in [0.15, 0.2) is 0 Å². The Kier molecular flexibility index (Phi) is 4.18. The Morgan fingerprint density at radius 2 is 2.46 bits per heavy atom. The standard InChI is InChI=1S/C9H19N3O/c1-7(10)6-12-9(13)8-4-2-3-5-11-8/h7-8,11H,2-6,10H2,1H3,(H,12,13). The summed E-state index contributed by atoms with van der Waals surface area (Å²) in [5, 5.41) is 6.02. The number of hydrogen-bond donors (Lipinski definition) is 3. The van der Waals surface area contributed by atoms with E-state index in [1.54, 1.807) is 0 Å². The predicted octanol–water partition coefficient (Wildman–Crippen LogP) is -0.408. The van der Waals surface area contributed by atoms with Gasteiger partial charge >= 0.3 is 0 Å². The SMILES string of the molecule is CC(N)CNC(=O)C1CCCCN1. The first-order chi connectivity index (χ1) is 6.20. The largest absolute Gasteiger partial charge is 0.353 e. The Morgan fingerprint density at radius 1 is 1.69 bits per heavy atom. The summed E-state index contributed by atoms with van der Waals surface area (Å²) in [4.78, 5) is 11.5. The fourth-order valence-electron chi connectivity index (χ4n) is 1.46. The van der Waals surface area contributed by atoms with Crippen molar-refractivity contribution in [3.8, 4) is 0 Å². The first-order valence-electron chi connectivity index (χ1n) is 4.97. The molecule has 1 aliphatic rings. The van der Waals surface area contributed by atoms with Crippen LogP contribution in [0.2, 0.25) is 0 Å². The zero-order valence-electron chi connectivity index (χ0n) is 8.18. The van der Waals surface area contributed by atoms with Gasteiger partial charge in [0.2, 0.25) is 5.91 Å². The second-order valence-electron chi connectivity index (χ2n) is 3.72. The highest BCUT2D eigenvalue weighted by atomic mass is 16.2. The van der Waals surface area contributed by atoms with Crippen molar-refractivity contribution >= 4 is 5.91 Å². The Balaban J connectivity index is 2.21. The van der Waals surface area contributed by atoms with Crippen LogP contribution < -0.4 is 16.4 Å². The van der Waals surface area contributed by atoms with Crippen LogP contribution >= 0.6 is 0 Å². The highest BCUT2D eigenvalue weighted by Crippen LogP contribution is 2.06. The third kappa shape index (κ3) is 3.74. The number of carbonyl (C=O) groups excluding carboxylic acids is 1. The van der Waals surface area contributed by atoms with Gasteiger partial charge in [0.05, 0.1) is 6.04 Å². The molecule has 0 saturated carbocycles. The first kappa shape index (κ1) is 10.5. The van der Waals surface area contributed by atoms with E-state index in [-0.39, 0.29) is 18.0 Å². The summed E-state index contributed by atoms with van der Waals surface area (Å²) in [7, 11) is 0. The molecule has 0 bridgehead atoms. The van der Waals surface area contributed by atoms with Gasteiger partial charge in [-0.1, -0.05) is 6.42 Å². The molecule has 1 saturated heterocycles. The molecule has 1 aliphatic heterocycles. The maximum Gasteiger partial charge on any atom is 0.237 e. The van der Waals surface area contributed by atoms with Crippen LogP contribution in [0.3, 0.4) is 0 Å². The lowest BCUT2D eigenvalue weighted by Gasteiger charge is -2.22. The summed E-state index contributed by atoms with van der Waals surface area (Å²) in [5.41, 5.74) is 5.54. The Labute approximate surface area is 79.3 Å². The normalized spacial score (nSPS) is 25.2. The third-order valence-corrected chi connectivity index (χ3v) is 2.23. The van der Waals surface area contributed by atoms with E-state index in [1.807, 2.05) is 6.92 Å². The minimum absolute atomic E-state index is 0.00694. The van der Waals surface area contributed by atoms with Crippen LogP contribution in [0.1, 0.15) is 26.2 Å². The van der Waals surface area contributed by atoms with Crippen molar-refractivity contribution in [1.82, 2.24) is 10.6 Å². The van der Waals surface area contributed by atoms with Gasteiger partial charge in [-0.05, 0) is 26.3 Å². The second kappa shape index (κ2) is 5.19. The van der Waals surface area contributed by atoms with E-state index < -0.39 is 0 Å². The molecule has 1 fully saturated rings. The molecule has 0 aromatic heterocycles. The van der Waals surface area contributed by atoms with Gasteiger partial charge in [0.15, 0.2) is 0 Å². The molecule has 1 rings (SSSR count). The van der Waals surface area contributed by atoms with Crippen molar-refractivity contribution in [2.75, 3.05) is 13.1 Å². The number of rotatable bonds is 3. The van der Waals surface area contributed by atoms with E-state index in [2.05, 4.69) is 10.6 Å². The van der Waals surface area contributed by atoms with Crippen LogP contribution in [-0.2, 0) is 4.79 Å². The molecule has 76 valence electrons. The molecule has 4 N–H and O–H groups in total. The summed E-state index contributed by atoms with van der Waals surface area (Å²) in [6, 6.07) is 0.0417. The maximum absolute atomic E-state index is 11.5. The van der Waals surface area contributed by atoms with Crippen molar-refractivity contribution in [2.24, 2.45) is 5.73 Å². The number of nitrogens with two attached hydrogens (primary N) is 1. The molecule has 1 heterocycles. The molecule has 1 amide bonds. The zero-order valence-corrected chi connectivity index (χ0v) is 8.18. The lowest BCUT2D eigenvalue weighted by atomic mass is 10.0. The molecular weight excluding hydrogens is 166 g/mol. The van der Waals surface area contributed by atoms with Gasteiger partial charge in [-0.3, -0.25) is 4.79 Å². The van der Waals surface area contributed by atoms with Crippen LogP contribution in [0.4, 0.5) is 0 Å². The van der Waals surface area contributed by atoms with E-state index in [9.17, 15) is 4.79 Å². The molecule has 4 heteroatoms. The average molecular weight is 185 g/mol. The van der Waals surface area contributed by atoms with E-state index in [4.69, 9.17) is 5.73 Å². The summed E-state index contributed by atoms with van der Waals surface area (Å²) in [6.45, 7) is 3.40. The fraction of sp³-hybridized carbons (Fsp3) is 0.889. The van der Waals surface area contributed by atoms with Crippen molar-refractivity contribution in [1.29, 1.82) is 0 Å². The quantitative estimate of drug-likeness (QED) is 0.560. The average Bonchev–Trinajstić information content (AvgIpc) is 2.15. The van der Waals surface area contributed by atoms with E-state index in [0.717, 1.165) is 19.4 Å². The fourth-order valence-corrected chi connectivity index (χ4v) is 1.46. The second-order valence-corrected chi connectivity index (χ2v) is 3.72. The molecule has 13 heavy (non-hydrogen) atoms. The Hall–Kier alpha value is -0.610. The number of hydrogen-bond acceptors (Lipinski definition) is 3. The molecule has 2 atom stereocenters. The lowest BCUT2D eigenvalue weighted by molar-refractivity contribution is -0.123. The Bertz CT molecular complexity index is 164. The summed E-state index contributed by atoms with van der Waals surface area (Å²) in [6.07, 6.45) is 3.27.